The molecule has 33 heavy (non-hydrogen) atoms. The van der Waals surface area contributed by atoms with Crippen molar-refractivity contribution in [1.82, 2.24) is 9.55 Å². The van der Waals surface area contributed by atoms with Crippen molar-refractivity contribution < 1.29 is 17.9 Å². The first-order valence-corrected chi connectivity index (χ1v) is 12.6. The highest BCUT2D eigenvalue weighted by Crippen LogP contribution is 2.32. The molecular weight excluding hydrogens is 462 g/mol. The van der Waals surface area contributed by atoms with Gasteiger partial charge in [-0.25, -0.2) is 13.4 Å². The van der Waals surface area contributed by atoms with Gasteiger partial charge in [-0.05, 0) is 49.4 Å². The second-order valence-corrected chi connectivity index (χ2v) is 10.4. The van der Waals surface area contributed by atoms with Crippen LogP contribution in [-0.4, -0.2) is 30.1 Å². The molecule has 4 aromatic rings. The molecule has 0 aliphatic rings. The first kappa shape index (κ1) is 22.8. The Hall–Kier alpha value is -3.36. The lowest BCUT2D eigenvalue weighted by Crippen LogP contribution is -2.21. The van der Waals surface area contributed by atoms with Crippen LogP contribution in [0.25, 0.3) is 11.0 Å². The van der Waals surface area contributed by atoms with Crippen LogP contribution < -0.4 is 10.1 Å². The highest BCUT2D eigenvalue weighted by Gasteiger charge is 2.18. The summed E-state index contributed by atoms with van der Waals surface area (Å²) >= 11 is 6.15. The van der Waals surface area contributed by atoms with Gasteiger partial charge >= 0.3 is 0 Å². The summed E-state index contributed by atoms with van der Waals surface area (Å²) in [6, 6.07) is 19.7. The predicted octanol–water partition coefficient (Wildman–Crippen LogP) is 4.97. The van der Waals surface area contributed by atoms with E-state index in [9.17, 15) is 13.2 Å². The molecule has 7 nitrogen and oxygen atoms in total. The Balaban J connectivity index is 1.61. The molecule has 0 radical (unpaired) electrons. The zero-order chi connectivity index (χ0) is 23.6. The van der Waals surface area contributed by atoms with Crippen LogP contribution in [0.5, 0.6) is 11.5 Å². The molecule has 0 fully saturated rings. The van der Waals surface area contributed by atoms with E-state index in [1.165, 1.54) is 0 Å². The van der Waals surface area contributed by atoms with Gasteiger partial charge in [-0.15, -0.1) is 0 Å². The number of fused-ring (bicyclic) bond motifs is 1. The highest BCUT2D eigenvalue weighted by atomic mass is 35.5. The zero-order valence-electron chi connectivity index (χ0n) is 18.1. The van der Waals surface area contributed by atoms with Gasteiger partial charge in [0.15, 0.2) is 15.6 Å². The number of hydrogen-bond acceptors (Lipinski definition) is 5. The summed E-state index contributed by atoms with van der Waals surface area (Å²) in [7, 11) is -3.34. The number of anilines is 1. The van der Waals surface area contributed by atoms with E-state index >= 15 is 0 Å². The van der Waals surface area contributed by atoms with Crippen molar-refractivity contribution in [2.75, 3.05) is 11.6 Å². The molecule has 3 aromatic carbocycles. The number of imidazole rings is 1. The van der Waals surface area contributed by atoms with Crippen LogP contribution in [0.4, 0.5) is 5.69 Å². The fourth-order valence-electron chi connectivity index (χ4n) is 3.40. The lowest BCUT2D eigenvalue weighted by atomic mass is 10.2. The number of hydrogen-bond donors (Lipinski definition) is 1. The maximum Gasteiger partial charge on any atom is 0.244 e. The predicted molar refractivity (Wildman–Crippen MR) is 130 cm³/mol. The van der Waals surface area contributed by atoms with Crippen molar-refractivity contribution in [1.29, 1.82) is 0 Å². The van der Waals surface area contributed by atoms with Crippen LogP contribution in [0.2, 0.25) is 5.02 Å². The average Bonchev–Trinajstić information content (AvgIpc) is 3.07. The molecule has 9 heteroatoms. The van der Waals surface area contributed by atoms with Crippen molar-refractivity contribution in [3.63, 3.8) is 0 Å². The van der Waals surface area contributed by atoms with E-state index in [0.29, 0.717) is 39.1 Å². The number of ether oxygens (including phenoxy) is 1. The fraction of sp³-hybridized carbons (Fsp3) is 0.167. The van der Waals surface area contributed by atoms with Gasteiger partial charge < -0.3 is 14.6 Å². The number of carbonyl (C=O) groups is 1. The summed E-state index contributed by atoms with van der Waals surface area (Å²) in [5, 5.41) is 3.27. The van der Waals surface area contributed by atoms with E-state index in [-0.39, 0.29) is 18.2 Å². The summed E-state index contributed by atoms with van der Waals surface area (Å²) in [6.45, 7) is 1.86. The van der Waals surface area contributed by atoms with Gasteiger partial charge in [0.25, 0.3) is 0 Å². The summed E-state index contributed by atoms with van der Waals surface area (Å²) in [4.78, 5) is 17.4. The maximum atomic E-state index is 13.0. The van der Waals surface area contributed by atoms with Gasteiger partial charge in [-0.2, -0.15) is 0 Å². The van der Waals surface area contributed by atoms with E-state index in [0.717, 1.165) is 11.8 Å². The topological polar surface area (TPSA) is 90.3 Å². The average molecular weight is 484 g/mol. The van der Waals surface area contributed by atoms with Gasteiger partial charge in [0, 0.05) is 11.3 Å². The third kappa shape index (κ3) is 5.71. The number of nitrogens with zero attached hydrogens (tertiary/aromatic N) is 2. The summed E-state index contributed by atoms with van der Waals surface area (Å²) < 4.78 is 31.3. The molecule has 1 heterocycles. The van der Waals surface area contributed by atoms with Crippen LogP contribution >= 0.6 is 11.6 Å². The molecule has 0 unspecified atom stereocenters. The standard InChI is InChI=1S/C24H22ClN3O4S/c1-16-7-10-18(11-8-16)32-22-12-9-17(25)13-20(22)27-24(29)14-28-21-6-4-3-5-19(21)26-23(28)15-33(2,30)31/h3-13H,14-15H2,1-2H3,(H,27,29). The first-order valence-electron chi connectivity index (χ1n) is 10.1. The van der Waals surface area contributed by atoms with Gasteiger partial charge in [-0.1, -0.05) is 41.4 Å². The van der Waals surface area contributed by atoms with Crippen molar-refractivity contribution >= 4 is 44.1 Å². The molecular formula is C24H22ClN3O4S. The van der Waals surface area contributed by atoms with E-state index in [2.05, 4.69) is 10.3 Å². The minimum absolute atomic E-state index is 0.123. The largest absolute Gasteiger partial charge is 0.455 e. The van der Waals surface area contributed by atoms with Gasteiger partial charge in [-0.3, -0.25) is 4.79 Å². The lowest BCUT2D eigenvalue weighted by Gasteiger charge is -2.14. The zero-order valence-corrected chi connectivity index (χ0v) is 19.7. The lowest BCUT2D eigenvalue weighted by molar-refractivity contribution is -0.116. The molecule has 0 atom stereocenters. The third-order valence-corrected chi connectivity index (χ3v) is 5.91. The van der Waals surface area contributed by atoms with Gasteiger partial charge in [0.2, 0.25) is 5.91 Å². The number of halogens is 1. The smallest absolute Gasteiger partial charge is 0.244 e. The molecule has 0 saturated heterocycles. The Bertz CT molecular complexity index is 1430. The Kier molecular flexibility index (Phi) is 6.40. The number of amides is 1. The van der Waals surface area contributed by atoms with Crippen molar-refractivity contribution in [2.45, 2.75) is 19.2 Å². The second kappa shape index (κ2) is 9.25. The Morgan fingerprint density at radius 1 is 1.09 bits per heavy atom. The summed E-state index contributed by atoms with van der Waals surface area (Å²) in [5.74, 6) is 0.714. The molecule has 1 amide bonds. The van der Waals surface area contributed by atoms with Crippen LogP contribution in [0.3, 0.4) is 0 Å². The van der Waals surface area contributed by atoms with Crippen LogP contribution in [0.1, 0.15) is 11.4 Å². The number of rotatable bonds is 7. The van der Waals surface area contributed by atoms with E-state index in [4.69, 9.17) is 16.3 Å². The Labute approximate surface area is 196 Å². The van der Waals surface area contributed by atoms with Crippen LogP contribution in [0, 0.1) is 6.92 Å². The monoisotopic (exact) mass is 483 g/mol. The van der Waals surface area contributed by atoms with Gasteiger partial charge in [0.1, 0.15) is 23.9 Å². The quantitative estimate of drug-likeness (QED) is 0.400. The number of carbonyl (C=O) groups excluding carboxylic acids is 1. The number of sulfone groups is 1. The number of para-hydroxylation sites is 2. The fourth-order valence-corrected chi connectivity index (χ4v) is 4.26. The minimum atomic E-state index is -3.34. The van der Waals surface area contributed by atoms with Crippen molar-refractivity contribution in [2.24, 2.45) is 0 Å². The molecule has 4 rings (SSSR count). The van der Waals surface area contributed by atoms with Crippen molar-refractivity contribution in [3.8, 4) is 11.5 Å². The van der Waals surface area contributed by atoms with E-state index < -0.39 is 9.84 Å². The minimum Gasteiger partial charge on any atom is -0.455 e. The summed E-state index contributed by atoms with van der Waals surface area (Å²) in [6.07, 6.45) is 1.14. The van der Waals surface area contributed by atoms with Crippen LogP contribution in [-0.2, 0) is 26.9 Å². The Morgan fingerprint density at radius 2 is 1.82 bits per heavy atom. The molecule has 0 aliphatic heterocycles. The summed E-state index contributed by atoms with van der Waals surface area (Å²) in [5.41, 5.74) is 2.80. The molecule has 0 spiro atoms. The number of aromatic nitrogens is 2. The molecule has 0 aliphatic carbocycles. The molecule has 0 bridgehead atoms. The molecule has 0 saturated carbocycles. The van der Waals surface area contributed by atoms with E-state index in [1.807, 2.05) is 43.3 Å². The molecule has 1 aromatic heterocycles. The Morgan fingerprint density at radius 3 is 2.55 bits per heavy atom. The highest BCUT2D eigenvalue weighted by molar-refractivity contribution is 7.89. The van der Waals surface area contributed by atoms with E-state index in [1.54, 1.807) is 34.9 Å². The van der Waals surface area contributed by atoms with Gasteiger partial charge in [0.05, 0.1) is 16.7 Å². The molecule has 170 valence electrons. The first-order chi connectivity index (χ1) is 15.7. The third-order valence-electron chi connectivity index (χ3n) is 4.89. The molecule has 1 N–H and O–H groups in total. The number of aryl methyl sites for hydroxylation is 1. The number of nitrogens with one attached hydrogen (secondary N) is 1. The van der Waals surface area contributed by atoms with Crippen LogP contribution in [0.15, 0.2) is 66.7 Å². The maximum absolute atomic E-state index is 13.0. The normalized spacial score (nSPS) is 11.5. The second-order valence-electron chi connectivity index (χ2n) is 7.78. The SMILES string of the molecule is Cc1ccc(Oc2ccc(Cl)cc2NC(=O)Cn2c(CS(C)(=O)=O)nc3ccccc32)cc1. The van der Waals surface area contributed by atoms with Crippen molar-refractivity contribution in [3.05, 3.63) is 83.1 Å². The number of benzene rings is 3.